The highest BCUT2D eigenvalue weighted by atomic mass is 35.5. The lowest BCUT2D eigenvalue weighted by molar-refractivity contribution is 0.199. The third-order valence-corrected chi connectivity index (χ3v) is 3.24. The monoisotopic (exact) mass is 270 g/mol. The molecule has 5 heteroatoms. The van der Waals surface area contributed by atoms with Crippen LogP contribution in [-0.2, 0) is 0 Å². The molecule has 2 aromatic rings. The number of aliphatic hydroxyl groups is 1. The molecule has 17 heavy (non-hydrogen) atoms. The minimum Gasteiger partial charge on any atom is -0.389 e. The van der Waals surface area contributed by atoms with Crippen LogP contribution in [0.1, 0.15) is 24.3 Å². The number of rotatable bonds is 2. The standard InChI is InChI=1S/C12H12Cl2N2O/c1-7-12(14)6-16(15-7)9-3-4-10(8(2)17)11(13)5-9/h3-6,8,17H,1-2H3. The Labute approximate surface area is 110 Å². The Hall–Kier alpha value is -1.03. The second kappa shape index (κ2) is 4.69. The number of nitrogens with zero attached hydrogens (tertiary/aromatic N) is 2. The van der Waals surface area contributed by atoms with Crippen LogP contribution in [0.5, 0.6) is 0 Å². The van der Waals surface area contributed by atoms with E-state index in [0.717, 1.165) is 11.4 Å². The van der Waals surface area contributed by atoms with E-state index in [9.17, 15) is 5.11 Å². The van der Waals surface area contributed by atoms with Crippen molar-refractivity contribution in [3.05, 3.63) is 45.7 Å². The van der Waals surface area contributed by atoms with Crippen LogP contribution >= 0.6 is 23.2 Å². The first-order valence-corrected chi connectivity index (χ1v) is 5.94. The Morgan fingerprint density at radius 1 is 1.29 bits per heavy atom. The zero-order valence-corrected chi connectivity index (χ0v) is 11.0. The lowest BCUT2D eigenvalue weighted by Crippen LogP contribution is -1.98. The zero-order valence-electron chi connectivity index (χ0n) is 9.48. The fourth-order valence-corrected chi connectivity index (χ4v) is 2.03. The molecule has 1 N–H and O–H groups in total. The Balaban J connectivity index is 2.44. The quantitative estimate of drug-likeness (QED) is 0.907. The smallest absolute Gasteiger partial charge is 0.0819 e. The van der Waals surface area contributed by atoms with Gasteiger partial charge in [-0.05, 0) is 31.5 Å². The van der Waals surface area contributed by atoms with E-state index in [0.29, 0.717) is 15.6 Å². The van der Waals surface area contributed by atoms with Crippen molar-refractivity contribution < 1.29 is 5.11 Å². The predicted molar refractivity (Wildman–Crippen MR) is 69.0 cm³/mol. The van der Waals surface area contributed by atoms with Crippen LogP contribution in [0.2, 0.25) is 10.0 Å². The number of aliphatic hydroxyl groups excluding tert-OH is 1. The number of aryl methyl sites for hydroxylation is 1. The van der Waals surface area contributed by atoms with Gasteiger partial charge in [0, 0.05) is 11.2 Å². The molecule has 1 heterocycles. The first-order chi connectivity index (χ1) is 7.99. The van der Waals surface area contributed by atoms with Gasteiger partial charge in [-0.15, -0.1) is 0 Å². The van der Waals surface area contributed by atoms with Crippen LogP contribution in [0.25, 0.3) is 5.69 Å². The van der Waals surface area contributed by atoms with Crippen LogP contribution in [-0.4, -0.2) is 14.9 Å². The molecule has 0 aliphatic rings. The number of hydrogen-bond acceptors (Lipinski definition) is 2. The summed E-state index contributed by atoms with van der Waals surface area (Å²) >= 11 is 12.0. The molecule has 1 aromatic carbocycles. The van der Waals surface area contributed by atoms with Gasteiger partial charge in [-0.2, -0.15) is 5.10 Å². The number of hydrogen-bond donors (Lipinski definition) is 1. The Morgan fingerprint density at radius 2 is 2.00 bits per heavy atom. The van der Waals surface area contributed by atoms with Gasteiger partial charge in [0.05, 0.1) is 22.5 Å². The van der Waals surface area contributed by atoms with Crippen LogP contribution < -0.4 is 0 Å². The lowest BCUT2D eigenvalue weighted by atomic mass is 10.1. The van der Waals surface area contributed by atoms with Gasteiger partial charge >= 0.3 is 0 Å². The molecule has 0 aliphatic heterocycles. The summed E-state index contributed by atoms with van der Waals surface area (Å²) in [4.78, 5) is 0. The molecule has 0 saturated heterocycles. The fraction of sp³-hybridized carbons (Fsp3) is 0.250. The molecule has 1 aromatic heterocycles. The minimum atomic E-state index is -0.584. The van der Waals surface area contributed by atoms with Crippen molar-refractivity contribution in [3.8, 4) is 5.69 Å². The summed E-state index contributed by atoms with van der Waals surface area (Å²) in [5.41, 5.74) is 2.28. The highest BCUT2D eigenvalue weighted by molar-refractivity contribution is 6.31. The Kier molecular flexibility index (Phi) is 3.43. The average molecular weight is 271 g/mol. The van der Waals surface area contributed by atoms with Crippen molar-refractivity contribution in [2.75, 3.05) is 0 Å². The second-order valence-corrected chi connectivity index (χ2v) is 4.70. The van der Waals surface area contributed by atoms with Crippen LogP contribution in [0.15, 0.2) is 24.4 Å². The van der Waals surface area contributed by atoms with E-state index in [2.05, 4.69) is 5.10 Å². The van der Waals surface area contributed by atoms with Gasteiger partial charge in [-0.25, -0.2) is 4.68 Å². The molecule has 3 nitrogen and oxygen atoms in total. The molecular weight excluding hydrogens is 259 g/mol. The number of halogens is 2. The predicted octanol–water partition coefficient (Wildman–Crippen LogP) is 3.54. The second-order valence-electron chi connectivity index (χ2n) is 3.89. The molecule has 0 spiro atoms. The topological polar surface area (TPSA) is 38.0 Å². The van der Waals surface area contributed by atoms with Crippen LogP contribution in [0.3, 0.4) is 0 Å². The van der Waals surface area contributed by atoms with Gasteiger partial charge in [0.2, 0.25) is 0 Å². The zero-order chi connectivity index (χ0) is 12.6. The Morgan fingerprint density at radius 3 is 2.47 bits per heavy atom. The molecule has 0 saturated carbocycles. The highest BCUT2D eigenvalue weighted by Crippen LogP contribution is 2.26. The summed E-state index contributed by atoms with van der Waals surface area (Å²) in [6.07, 6.45) is 1.14. The van der Waals surface area contributed by atoms with E-state index in [1.54, 1.807) is 29.9 Å². The molecular formula is C12H12Cl2N2O. The normalized spacial score (nSPS) is 12.8. The highest BCUT2D eigenvalue weighted by Gasteiger charge is 2.09. The first kappa shape index (κ1) is 12.4. The van der Waals surface area contributed by atoms with E-state index in [1.807, 2.05) is 13.0 Å². The van der Waals surface area contributed by atoms with Gasteiger partial charge in [0.1, 0.15) is 0 Å². The maximum atomic E-state index is 9.49. The van der Waals surface area contributed by atoms with Crippen LogP contribution in [0.4, 0.5) is 0 Å². The third kappa shape index (κ3) is 2.46. The molecule has 0 radical (unpaired) electrons. The van der Waals surface area contributed by atoms with Crippen molar-refractivity contribution in [2.45, 2.75) is 20.0 Å². The molecule has 0 aliphatic carbocycles. The van der Waals surface area contributed by atoms with E-state index < -0.39 is 6.10 Å². The Bertz CT molecular complexity index is 530. The molecule has 1 atom stereocenters. The summed E-state index contributed by atoms with van der Waals surface area (Å²) in [5.74, 6) is 0. The number of aromatic nitrogens is 2. The SMILES string of the molecule is Cc1nn(-c2ccc(C(C)O)c(Cl)c2)cc1Cl. The third-order valence-electron chi connectivity index (χ3n) is 2.54. The maximum Gasteiger partial charge on any atom is 0.0819 e. The van der Waals surface area contributed by atoms with E-state index in [1.165, 1.54) is 0 Å². The van der Waals surface area contributed by atoms with Gasteiger partial charge in [-0.1, -0.05) is 29.3 Å². The molecule has 1 unspecified atom stereocenters. The van der Waals surface area contributed by atoms with Crippen LogP contribution in [0, 0.1) is 6.92 Å². The largest absolute Gasteiger partial charge is 0.389 e. The van der Waals surface area contributed by atoms with Gasteiger partial charge in [0.15, 0.2) is 0 Å². The minimum absolute atomic E-state index is 0.516. The van der Waals surface area contributed by atoms with E-state index in [-0.39, 0.29) is 0 Å². The molecule has 0 fully saturated rings. The van der Waals surface area contributed by atoms with Gasteiger partial charge < -0.3 is 5.11 Å². The van der Waals surface area contributed by atoms with Crippen molar-refractivity contribution in [1.82, 2.24) is 9.78 Å². The van der Waals surface area contributed by atoms with Gasteiger partial charge in [-0.3, -0.25) is 0 Å². The molecule has 0 amide bonds. The van der Waals surface area contributed by atoms with E-state index in [4.69, 9.17) is 23.2 Å². The fourth-order valence-electron chi connectivity index (χ4n) is 1.57. The van der Waals surface area contributed by atoms with E-state index >= 15 is 0 Å². The summed E-state index contributed by atoms with van der Waals surface area (Å²) in [6, 6.07) is 5.39. The average Bonchev–Trinajstić information content (AvgIpc) is 2.58. The summed E-state index contributed by atoms with van der Waals surface area (Å²) in [5, 5.41) is 14.9. The van der Waals surface area contributed by atoms with Gasteiger partial charge in [0.25, 0.3) is 0 Å². The first-order valence-electron chi connectivity index (χ1n) is 5.18. The molecule has 90 valence electrons. The van der Waals surface area contributed by atoms with Crippen molar-refractivity contribution in [3.63, 3.8) is 0 Å². The summed E-state index contributed by atoms with van der Waals surface area (Å²) in [6.45, 7) is 3.51. The maximum absolute atomic E-state index is 9.49. The summed E-state index contributed by atoms with van der Waals surface area (Å²) < 4.78 is 1.66. The van der Waals surface area contributed by atoms with Crippen molar-refractivity contribution in [2.24, 2.45) is 0 Å². The molecule has 2 rings (SSSR count). The summed E-state index contributed by atoms with van der Waals surface area (Å²) in [7, 11) is 0. The molecule has 0 bridgehead atoms. The number of benzene rings is 1. The van der Waals surface area contributed by atoms with Crippen molar-refractivity contribution in [1.29, 1.82) is 0 Å². The lowest BCUT2D eigenvalue weighted by Gasteiger charge is -2.09. The van der Waals surface area contributed by atoms with Crippen molar-refractivity contribution >= 4 is 23.2 Å².